The molecule has 0 atom stereocenters. The average molecular weight is 237 g/mol. The van der Waals surface area contributed by atoms with E-state index in [1.54, 1.807) is 11.8 Å². The van der Waals surface area contributed by atoms with Crippen LogP contribution in [0.1, 0.15) is 19.8 Å². The van der Waals surface area contributed by atoms with Gasteiger partial charge >= 0.3 is 5.97 Å². The molecule has 1 heterocycles. The van der Waals surface area contributed by atoms with E-state index in [9.17, 15) is 9.59 Å². The van der Waals surface area contributed by atoms with Crippen LogP contribution in [-0.2, 0) is 14.3 Å². The summed E-state index contributed by atoms with van der Waals surface area (Å²) >= 11 is 0. The van der Waals surface area contributed by atoms with Crippen LogP contribution >= 0.6 is 0 Å². The van der Waals surface area contributed by atoms with Gasteiger partial charge in [-0.2, -0.15) is 5.26 Å². The zero-order valence-electron chi connectivity index (χ0n) is 9.73. The Kier molecular flexibility index (Phi) is 4.52. The number of ether oxygens (including phenoxy) is 1. The molecule has 1 aliphatic heterocycles. The molecule has 0 aliphatic carbocycles. The van der Waals surface area contributed by atoms with Crippen molar-refractivity contribution in [3.05, 3.63) is 11.3 Å². The van der Waals surface area contributed by atoms with Gasteiger partial charge in [0.1, 0.15) is 6.07 Å². The topological polar surface area (TPSA) is 96.4 Å². The van der Waals surface area contributed by atoms with Crippen LogP contribution in [0.5, 0.6) is 0 Å². The molecule has 0 unspecified atom stereocenters. The molecule has 1 fully saturated rings. The number of nitrogens with two attached hydrogens (primary N) is 1. The van der Waals surface area contributed by atoms with Crippen molar-refractivity contribution in [3.8, 4) is 6.07 Å². The van der Waals surface area contributed by atoms with Crippen molar-refractivity contribution in [2.45, 2.75) is 19.8 Å². The Hall–Kier alpha value is -2.03. The van der Waals surface area contributed by atoms with Gasteiger partial charge in [0.25, 0.3) is 0 Å². The van der Waals surface area contributed by atoms with Gasteiger partial charge in [-0.3, -0.25) is 4.79 Å². The second-order valence-electron chi connectivity index (χ2n) is 3.65. The molecular formula is C11H15N3O3. The van der Waals surface area contributed by atoms with Gasteiger partial charge in [-0.15, -0.1) is 0 Å². The minimum Gasteiger partial charge on any atom is -0.462 e. The van der Waals surface area contributed by atoms with Crippen LogP contribution in [0.3, 0.4) is 0 Å². The molecule has 2 N–H and O–H groups in total. The van der Waals surface area contributed by atoms with Gasteiger partial charge in [0.15, 0.2) is 5.57 Å². The van der Waals surface area contributed by atoms with Crippen LogP contribution in [0, 0.1) is 11.3 Å². The summed E-state index contributed by atoms with van der Waals surface area (Å²) in [5, 5.41) is 8.98. The fourth-order valence-electron chi connectivity index (χ4n) is 1.81. The lowest BCUT2D eigenvalue weighted by molar-refractivity contribution is -0.138. The van der Waals surface area contributed by atoms with E-state index in [1.807, 2.05) is 6.07 Å². The van der Waals surface area contributed by atoms with Crippen molar-refractivity contribution in [1.29, 1.82) is 5.26 Å². The fourth-order valence-corrected chi connectivity index (χ4v) is 1.81. The van der Waals surface area contributed by atoms with E-state index < -0.39 is 11.9 Å². The third-order valence-electron chi connectivity index (χ3n) is 2.45. The number of esters is 1. The maximum atomic E-state index is 11.5. The number of nitriles is 1. The molecule has 6 nitrogen and oxygen atoms in total. The van der Waals surface area contributed by atoms with Crippen molar-refractivity contribution in [2.75, 3.05) is 19.7 Å². The van der Waals surface area contributed by atoms with Gasteiger partial charge in [0.05, 0.1) is 13.2 Å². The number of hydrogen-bond acceptors (Lipinski definition) is 5. The molecule has 0 spiro atoms. The number of nitrogens with zero attached hydrogens (tertiary/aromatic N) is 2. The molecule has 1 amide bonds. The van der Waals surface area contributed by atoms with E-state index in [4.69, 9.17) is 15.7 Å². The highest BCUT2D eigenvalue weighted by molar-refractivity contribution is 5.93. The Bertz CT molecular complexity index is 395. The lowest BCUT2D eigenvalue weighted by Crippen LogP contribution is -2.31. The second-order valence-corrected chi connectivity index (χ2v) is 3.65. The van der Waals surface area contributed by atoms with E-state index in [-0.39, 0.29) is 18.7 Å². The van der Waals surface area contributed by atoms with Crippen molar-refractivity contribution >= 4 is 11.9 Å². The molecule has 0 radical (unpaired) electrons. The zero-order valence-corrected chi connectivity index (χ0v) is 9.73. The van der Waals surface area contributed by atoms with Gasteiger partial charge in [0.2, 0.25) is 5.91 Å². The summed E-state index contributed by atoms with van der Waals surface area (Å²) in [5.41, 5.74) is 5.65. The fraction of sp³-hybridized carbons (Fsp3) is 0.545. The minimum absolute atomic E-state index is 0.0226. The quantitative estimate of drug-likeness (QED) is 0.418. The smallest absolute Gasteiger partial charge is 0.350 e. The van der Waals surface area contributed by atoms with E-state index in [0.29, 0.717) is 18.7 Å². The molecule has 0 bridgehead atoms. The van der Waals surface area contributed by atoms with Crippen LogP contribution in [0.2, 0.25) is 0 Å². The first-order valence-electron chi connectivity index (χ1n) is 5.43. The molecule has 92 valence electrons. The third kappa shape index (κ3) is 3.21. The van der Waals surface area contributed by atoms with Crippen molar-refractivity contribution in [3.63, 3.8) is 0 Å². The van der Waals surface area contributed by atoms with Gasteiger partial charge in [-0.25, -0.2) is 4.79 Å². The largest absolute Gasteiger partial charge is 0.462 e. The molecule has 1 aliphatic rings. The van der Waals surface area contributed by atoms with Crippen LogP contribution in [-0.4, -0.2) is 36.5 Å². The lowest BCUT2D eigenvalue weighted by Gasteiger charge is -2.18. The van der Waals surface area contributed by atoms with Gasteiger partial charge < -0.3 is 15.4 Å². The van der Waals surface area contributed by atoms with E-state index >= 15 is 0 Å². The predicted molar refractivity (Wildman–Crippen MR) is 59.3 cm³/mol. The first-order valence-corrected chi connectivity index (χ1v) is 5.43. The molecule has 0 aromatic heterocycles. The van der Waals surface area contributed by atoms with Crippen LogP contribution < -0.4 is 5.73 Å². The SMILES string of the molecule is CCOC(=O)C(C#N)=C1CCCN1CC(N)=O. The summed E-state index contributed by atoms with van der Waals surface area (Å²) in [5.74, 6) is -1.12. The van der Waals surface area contributed by atoms with Crippen LogP contribution in [0.15, 0.2) is 11.3 Å². The normalized spacial score (nSPS) is 17.5. The van der Waals surface area contributed by atoms with Crippen LogP contribution in [0.25, 0.3) is 0 Å². The Morgan fingerprint density at radius 2 is 2.29 bits per heavy atom. The highest BCUT2D eigenvalue weighted by atomic mass is 16.5. The molecule has 0 aromatic rings. The van der Waals surface area contributed by atoms with Gasteiger partial charge in [-0.1, -0.05) is 0 Å². The van der Waals surface area contributed by atoms with E-state index in [2.05, 4.69) is 0 Å². The predicted octanol–water partition coefficient (Wildman–Crippen LogP) is -0.0917. The number of hydrogen-bond donors (Lipinski definition) is 1. The molecular weight excluding hydrogens is 222 g/mol. The molecule has 0 aromatic carbocycles. The first-order chi connectivity index (χ1) is 8.10. The molecule has 1 rings (SSSR count). The summed E-state index contributed by atoms with van der Waals surface area (Å²) in [4.78, 5) is 24.1. The molecule has 0 saturated carbocycles. The Morgan fingerprint density at radius 1 is 1.59 bits per heavy atom. The highest BCUT2D eigenvalue weighted by Gasteiger charge is 2.26. The number of amides is 1. The number of primary amides is 1. The monoisotopic (exact) mass is 237 g/mol. The molecule has 6 heteroatoms. The summed E-state index contributed by atoms with van der Waals surface area (Å²) in [7, 11) is 0. The average Bonchev–Trinajstić information content (AvgIpc) is 2.67. The van der Waals surface area contributed by atoms with E-state index in [0.717, 1.165) is 6.42 Å². The summed E-state index contributed by atoms with van der Waals surface area (Å²) in [6.07, 6.45) is 1.39. The van der Waals surface area contributed by atoms with Gasteiger partial charge in [0, 0.05) is 12.2 Å². The number of rotatable bonds is 4. The Labute approximate surface area is 99.6 Å². The summed E-state index contributed by atoms with van der Waals surface area (Å²) < 4.78 is 4.80. The van der Waals surface area contributed by atoms with E-state index in [1.165, 1.54) is 0 Å². The number of allylic oxidation sites excluding steroid dienone is 1. The molecule has 17 heavy (non-hydrogen) atoms. The van der Waals surface area contributed by atoms with Crippen molar-refractivity contribution in [1.82, 2.24) is 4.90 Å². The van der Waals surface area contributed by atoms with Gasteiger partial charge in [-0.05, 0) is 19.8 Å². The highest BCUT2D eigenvalue weighted by Crippen LogP contribution is 2.24. The van der Waals surface area contributed by atoms with Crippen molar-refractivity contribution < 1.29 is 14.3 Å². The lowest BCUT2D eigenvalue weighted by atomic mass is 10.2. The summed E-state index contributed by atoms with van der Waals surface area (Å²) in [6.45, 7) is 2.54. The number of likely N-dealkylation sites (tertiary alicyclic amines) is 1. The maximum Gasteiger partial charge on any atom is 0.350 e. The summed E-state index contributed by atoms with van der Waals surface area (Å²) in [6, 6.07) is 1.84. The Morgan fingerprint density at radius 3 is 2.82 bits per heavy atom. The number of carbonyl (C=O) groups excluding carboxylic acids is 2. The number of carbonyl (C=O) groups is 2. The minimum atomic E-state index is -0.638. The first kappa shape index (κ1) is 13.0. The second kappa shape index (κ2) is 5.89. The van der Waals surface area contributed by atoms with Crippen LogP contribution in [0.4, 0.5) is 0 Å². The zero-order chi connectivity index (χ0) is 12.8. The maximum absolute atomic E-state index is 11.5. The standard InChI is InChI=1S/C11H15N3O3/c1-2-17-11(16)8(6-12)9-4-3-5-14(9)7-10(13)15/h2-5,7H2,1H3,(H2,13,15). The Balaban J connectivity index is 2.94. The molecule has 1 saturated heterocycles. The third-order valence-corrected chi connectivity index (χ3v) is 2.45. The van der Waals surface area contributed by atoms with Crippen molar-refractivity contribution in [2.24, 2.45) is 5.73 Å².